The van der Waals surface area contributed by atoms with Gasteiger partial charge in [-0.1, -0.05) is 13.8 Å². The van der Waals surface area contributed by atoms with Gasteiger partial charge in [-0.15, -0.1) is 0 Å². The lowest BCUT2D eigenvalue weighted by molar-refractivity contribution is -0.116. The Labute approximate surface area is 131 Å². The molecule has 0 saturated heterocycles. The van der Waals surface area contributed by atoms with E-state index in [-0.39, 0.29) is 24.5 Å². The average Bonchev–Trinajstić information content (AvgIpc) is 2.88. The summed E-state index contributed by atoms with van der Waals surface area (Å²) in [5, 5.41) is 12.2. The molecule has 1 atom stereocenters. The van der Waals surface area contributed by atoms with E-state index in [1.54, 1.807) is 17.9 Å². The highest BCUT2D eigenvalue weighted by Gasteiger charge is 2.23. The third-order valence-electron chi connectivity index (χ3n) is 3.93. The Balaban J connectivity index is 2.10. The summed E-state index contributed by atoms with van der Waals surface area (Å²) in [4.78, 5) is 25.6. The molecule has 2 rings (SSSR count). The van der Waals surface area contributed by atoms with Crippen LogP contribution in [0.3, 0.4) is 0 Å². The predicted molar refractivity (Wildman–Crippen MR) is 86.0 cm³/mol. The number of amides is 2. The highest BCUT2D eigenvalue weighted by Crippen LogP contribution is 2.28. The second-order valence-electron chi connectivity index (χ2n) is 6.25. The minimum Gasteiger partial charge on any atom is -0.394 e. The summed E-state index contributed by atoms with van der Waals surface area (Å²) >= 11 is 0. The van der Waals surface area contributed by atoms with Crippen molar-refractivity contribution in [3.63, 3.8) is 0 Å². The number of rotatable bonds is 5. The number of aliphatic hydroxyl groups excluding tert-OH is 1. The van der Waals surface area contributed by atoms with Crippen molar-refractivity contribution in [2.75, 3.05) is 18.1 Å². The van der Waals surface area contributed by atoms with Crippen LogP contribution in [0.4, 0.5) is 5.69 Å². The van der Waals surface area contributed by atoms with Gasteiger partial charge in [0, 0.05) is 24.7 Å². The molecule has 1 aliphatic heterocycles. The van der Waals surface area contributed by atoms with E-state index < -0.39 is 0 Å². The first-order valence-corrected chi connectivity index (χ1v) is 7.75. The van der Waals surface area contributed by atoms with Crippen LogP contribution in [0.5, 0.6) is 0 Å². The van der Waals surface area contributed by atoms with Crippen molar-refractivity contribution in [1.29, 1.82) is 0 Å². The third-order valence-corrected chi connectivity index (χ3v) is 3.93. The Bertz CT molecular complexity index is 569. The molecule has 0 radical (unpaired) electrons. The van der Waals surface area contributed by atoms with Gasteiger partial charge in [0.25, 0.3) is 5.91 Å². The van der Waals surface area contributed by atoms with E-state index >= 15 is 0 Å². The average molecular weight is 304 g/mol. The van der Waals surface area contributed by atoms with Crippen LogP contribution in [0, 0.1) is 5.92 Å². The predicted octanol–water partition coefficient (Wildman–Crippen LogP) is 1.73. The Morgan fingerprint density at radius 2 is 2.09 bits per heavy atom. The van der Waals surface area contributed by atoms with E-state index in [0.717, 1.165) is 24.1 Å². The lowest BCUT2D eigenvalue weighted by Crippen LogP contribution is -2.38. The summed E-state index contributed by atoms with van der Waals surface area (Å²) in [5.41, 5.74) is 2.49. The summed E-state index contributed by atoms with van der Waals surface area (Å²) in [6.45, 7) is 6.27. The molecule has 0 fully saturated rings. The number of anilines is 1. The van der Waals surface area contributed by atoms with Gasteiger partial charge in [-0.3, -0.25) is 9.59 Å². The molecule has 1 heterocycles. The number of nitrogens with zero attached hydrogens (tertiary/aromatic N) is 1. The molecule has 0 bridgehead atoms. The molecule has 0 aromatic heterocycles. The molecule has 2 amide bonds. The molecule has 1 aromatic carbocycles. The molecular formula is C17H24N2O3. The van der Waals surface area contributed by atoms with Gasteiger partial charge in [0.05, 0.1) is 12.6 Å². The van der Waals surface area contributed by atoms with E-state index in [9.17, 15) is 14.7 Å². The maximum absolute atomic E-state index is 12.3. The zero-order valence-corrected chi connectivity index (χ0v) is 13.4. The van der Waals surface area contributed by atoms with Gasteiger partial charge in [-0.05, 0) is 42.5 Å². The van der Waals surface area contributed by atoms with Crippen molar-refractivity contribution in [1.82, 2.24) is 5.32 Å². The van der Waals surface area contributed by atoms with E-state index in [1.165, 1.54) is 0 Å². The number of hydrogen-bond acceptors (Lipinski definition) is 3. The monoisotopic (exact) mass is 304 g/mol. The third kappa shape index (κ3) is 3.65. The second-order valence-corrected chi connectivity index (χ2v) is 6.25. The topological polar surface area (TPSA) is 69.6 Å². The van der Waals surface area contributed by atoms with Crippen molar-refractivity contribution < 1.29 is 14.7 Å². The Hall–Kier alpha value is -1.88. The zero-order valence-electron chi connectivity index (χ0n) is 13.4. The second kappa shape index (κ2) is 6.92. The fourth-order valence-corrected chi connectivity index (χ4v) is 2.89. The normalized spacial score (nSPS) is 14.9. The lowest BCUT2D eigenvalue weighted by Gasteiger charge is -2.19. The zero-order chi connectivity index (χ0) is 16.3. The van der Waals surface area contributed by atoms with Crippen molar-refractivity contribution in [3.8, 4) is 0 Å². The highest BCUT2D eigenvalue weighted by atomic mass is 16.3. The Kier molecular flexibility index (Phi) is 5.19. The first kappa shape index (κ1) is 16.5. The molecule has 5 heteroatoms. The molecule has 2 N–H and O–H groups in total. The van der Waals surface area contributed by atoms with Crippen LogP contribution in [0.25, 0.3) is 0 Å². The van der Waals surface area contributed by atoms with E-state index in [4.69, 9.17) is 0 Å². The first-order valence-electron chi connectivity index (χ1n) is 7.75. The molecule has 0 spiro atoms. The maximum atomic E-state index is 12.3. The van der Waals surface area contributed by atoms with Crippen LogP contribution in [0.2, 0.25) is 0 Å². The molecule has 1 aromatic rings. The van der Waals surface area contributed by atoms with Crippen LogP contribution in [-0.2, 0) is 11.2 Å². The van der Waals surface area contributed by atoms with Crippen LogP contribution in [-0.4, -0.2) is 36.1 Å². The summed E-state index contributed by atoms with van der Waals surface area (Å²) in [6.07, 6.45) is 1.51. The summed E-state index contributed by atoms with van der Waals surface area (Å²) < 4.78 is 0. The van der Waals surface area contributed by atoms with Crippen LogP contribution >= 0.6 is 0 Å². The number of fused-ring (bicyclic) bond motifs is 1. The van der Waals surface area contributed by atoms with Crippen LogP contribution < -0.4 is 10.2 Å². The largest absolute Gasteiger partial charge is 0.394 e. The van der Waals surface area contributed by atoms with Crippen LogP contribution in [0.15, 0.2) is 18.2 Å². The van der Waals surface area contributed by atoms with Crippen molar-refractivity contribution >= 4 is 17.5 Å². The molecule has 120 valence electrons. The molecule has 0 saturated carbocycles. The Morgan fingerprint density at radius 1 is 1.36 bits per heavy atom. The molecule has 0 aliphatic carbocycles. The quantitative estimate of drug-likeness (QED) is 0.870. The Morgan fingerprint density at radius 3 is 2.68 bits per heavy atom. The smallest absolute Gasteiger partial charge is 0.251 e. The number of benzene rings is 1. The molecular weight excluding hydrogens is 280 g/mol. The minimum absolute atomic E-state index is 0.0215. The van der Waals surface area contributed by atoms with Gasteiger partial charge in [-0.25, -0.2) is 0 Å². The van der Waals surface area contributed by atoms with Crippen molar-refractivity contribution in [3.05, 3.63) is 29.3 Å². The standard InChI is InChI=1S/C17H24N2O3/c1-11(2)8-15(10-20)18-17(22)14-4-5-16-13(9-14)6-7-19(16)12(3)21/h4-5,9,11,15,20H,6-8,10H2,1-3H3,(H,18,22). The van der Waals surface area contributed by atoms with Gasteiger partial charge in [0.2, 0.25) is 5.91 Å². The number of hydrogen-bond donors (Lipinski definition) is 2. The van der Waals surface area contributed by atoms with Gasteiger partial charge in [0.15, 0.2) is 0 Å². The van der Waals surface area contributed by atoms with Crippen molar-refractivity contribution in [2.24, 2.45) is 5.92 Å². The number of carbonyl (C=O) groups excluding carboxylic acids is 2. The number of carbonyl (C=O) groups is 2. The van der Waals surface area contributed by atoms with E-state index in [2.05, 4.69) is 19.2 Å². The fraction of sp³-hybridized carbons (Fsp3) is 0.529. The highest BCUT2D eigenvalue weighted by molar-refractivity contribution is 5.98. The fourth-order valence-electron chi connectivity index (χ4n) is 2.89. The summed E-state index contributed by atoms with van der Waals surface area (Å²) in [6, 6.07) is 5.18. The SMILES string of the molecule is CC(=O)N1CCc2cc(C(=O)NC(CO)CC(C)C)ccc21. The van der Waals surface area contributed by atoms with E-state index in [1.807, 2.05) is 12.1 Å². The molecule has 5 nitrogen and oxygen atoms in total. The molecule has 22 heavy (non-hydrogen) atoms. The van der Waals surface area contributed by atoms with Gasteiger partial charge in [0.1, 0.15) is 0 Å². The number of aliphatic hydroxyl groups is 1. The summed E-state index contributed by atoms with van der Waals surface area (Å²) in [7, 11) is 0. The van der Waals surface area contributed by atoms with Gasteiger partial charge >= 0.3 is 0 Å². The number of nitrogens with one attached hydrogen (secondary N) is 1. The van der Waals surface area contributed by atoms with Crippen LogP contribution in [0.1, 0.15) is 43.1 Å². The molecule has 1 unspecified atom stereocenters. The summed E-state index contributed by atoms with van der Waals surface area (Å²) in [5.74, 6) is 0.249. The maximum Gasteiger partial charge on any atom is 0.251 e. The first-order chi connectivity index (χ1) is 10.4. The van der Waals surface area contributed by atoms with E-state index in [0.29, 0.717) is 18.0 Å². The minimum atomic E-state index is -0.227. The van der Waals surface area contributed by atoms with Crippen molar-refractivity contribution in [2.45, 2.75) is 39.7 Å². The van der Waals surface area contributed by atoms with Gasteiger partial charge in [-0.2, -0.15) is 0 Å². The lowest BCUT2D eigenvalue weighted by atomic mass is 10.0. The van der Waals surface area contributed by atoms with Gasteiger partial charge < -0.3 is 15.3 Å². The molecule has 1 aliphatic rings.